The van der Waals surface area contributed by atoms with E-state index in [0.717, 1.165) is 24.2 Å². The third kappa shape index (κ3) is 2.46. The lowest BCUT2D eigenvalue weighted by molar-refractivity contribution is 0.169. The summed E-state index contributed by atoms with van der Waals surface area (Å²) in [5.74, 6) is 2.84. The Morgan fingerprint density at radius 1 is 0.923 bits per heavy atom. The molecular formula is C12H22O. The van der Waals surface area contributed by atoms with Gasteiger partial charge in [-0.1, -0.05) is 32.1 Å². The van der Waals surface area contributed by atoms with Crippen LogP contribution in [0.5, 0.6) is 0 Å². The molecule has 1 N–H and O–H groups in total. The Hall–Kier alpha value is -0.0400. The quantitative estimate of drug-likeness (QED) is 0.708. The molecule has 0 heterocycles. The highest BCUT2D eigenvalue weighted by Gasteiger charge is 2.36. The van der Waals surface area contributed by atoms with Crippen LogP contribution < -0.4 is 0 Å². The molecule has 1 unspecified atom stereocenters. The molecule has 0 saturated heterocycles. The molecule has 1 atom stereocenters. The Bertz CT molecular complexity index is 145. The maximum Gasteiger partial charge on any atom is 0.0433 e. The van der Waals surface area contributed by atoms with Gasteiger partial charge in [0.2, 0.25) is 0 Å². The third-order valence-corrected chi connectivity index (χ3v) is 3.95. The molecule has 2 fully saturated rings. The molecule has 0 aliphatic heterocycles. The van der Waals surface area contributed by atoms with Crippen LogP contribution in [0.1, 0.15) is 51.4 Å². The van der Waals surface area contributed by atoms with Crippen molar-refractivity contribution in [2.24, 2.45) is 17.8 Å². The van der Waals surface area contributed by atoms with Gasteiger partial charge in [-0.05, 0) is 37.0 Å². The van der Waals surface area contributed by atoms with Crippen LogP contribution in [0.2, 0.25) is 0 Å². The summed E-state index contributed by atoms with van der Waals surface area (Å²) in [4.78, 5) is 0. The summed E-state index contributed by atoms with van der Waals surface area (Å²) < 4.78 is 0. The van der Waals surface area contributed by atoms with E-state index in [1.807, 2.05) is 0 Å². The molecule has 0 radical (unpaired) electrons. The van der Waals surface area contributed by atoms with Crippen LogP contribution >= 0.6 is 0 Å². The number of aliphatic hydroxyl groups excluding tert-OH is 1. The van der Waals surface area contributed by atoms with Crippen LogP contribution in [0.15, 0.2) is 0 Å². The fourth-order valence-corrected chi connectivity index (χ4v) is 3.09. The highest BCUT2D eigenvalue weighted by atomic mass is 16.3. The molecular weight excluding hydrogens is 160 g/mol. The van der Waals surface area contributed by atoms with E-state index in [9.17, 15) is 0 Å². The van der Waals surface area contributed by atoms with E-state index in [0.29, 0.717) is 6.61 Å². The maximum atomic E-state index is 9.04. The lowest BCUT2D eigenvalue weighted by Gasteiger charge is -2.30. The average molecular weight is 182 g/mol. The molecule has 13 heavy (non-hydrogen) atoms. The van der Waals surface area contributed by atoms with Crippen molar-refractivity contribution in [3.8, 4) is 0 Å². The summed E-state index contributed by atoms with van der Waals surface area (Å²) in [5, 5.41) is 9.04. The van der Waals surface area contributed by atoms with Crippen molar-refractivity contribution >= 4 is 0 Å². The Morgan fingerprint density at radius 3 is 2.08 bits per heavy atom. The first-order valence-electron chi connectivity index (χ1n) is 6.02. The number of hydrogen-bond donors (Lipinski definition) is 1. The molecule has 0 aromatic carbocycles. The van der Waals surface area contributed by atoms with Crippen LogP contribution in [0.3, 0.4) is 0 Å². The van der Waals surface area contributed by atoms with Gasteiger partial charge in [-0.3, -0.25) is 0 Å². The third-order valence-electron chi connectivity index (χ3n) is 3.95. The summed E-state index contributed by atoms with van der Waals surface area (Å²) in [6.45, 7) is 0.414. The molecule has 0 spiro atoms. The highest BCUT2D eigenvalue weighted by Crippen LogP contribution is 2.46. The molecule has 0 aromatic heterocycles. The molecule has 2 rings (SSSR count). The summed E-state index contributed by atoms with van der Waals surface area (Å²) >= 11 is 0. The monoisotopic (exact) mass is 182 g/mol. The van der Waals surface area contributed by atoms with E-state index in [1.54, 1.807) is 0 Å². The zero-order valence-corrected chi connectivity index (χ0v) is 8.54. The van der Waals surface area contributed by atoms with E-state index in [2.05, 4.69) is 0 Å². The van der Waals surface area contributed by atoms with E-state index in [1.165, 1.54) is 44.9 Å². The van der Waals surface area contributed by atoms with E-state index in [-0.39, 0.29) is 0 Å². The summed E-state index contributed by atoms with van der Waals surface area (Å²) in [6.07, 6.45) is 11.2. The minimum atomic E-state index is 0.414. The molecule has 2 aliphatic carbocycles. The van der Waals surface area contributed by atoms with Gasteiger partial charge < -0.3 is 5.11 Å². The number of aliphatic hydroxyl groups is 1. The van der Waals surface area contributed by atoms with Crippen molar-refractivity contribution in [3.63, 3.8) is 0 Å². The van der Waals surface area contributed by atoms with Gasteiger partial charge >= 0.3 is 0 Å². The topological polar surface area (TPSA) is 20.2 Å². The summed E-state index contributed by atoms with van der Waals surface area (Å²) in [5.41, 5.74) is 0. The second-order valence-electron chi connectivity index (χ2n) is 4.91. The minimum absolute atomic E-state index is 0.414. The minimum Gasteiger partial charge on any atom is -0.396 e. The van der Waals surface area contributed by atoms with Crippen LogP contribution in [0, 0.1) is 17.8 Å². The van der Waals surface area contributed by atoms with E-state index in [4.69, 9.17) is 5.11 Å². The second-order valence-corrected chi connectivity index (χ2v) is 4.91. The predicted molar refractivity (Wildman–Crippen MR) is 54.5 cm³/mol. The zero-order valence-electron chi connectivity index (χ0n) is 8.54. The average Bonchev–Trinajstić information content (AvgIpc) is 2.99. The first-order valence-corrected chi connectivity index (χ1v) is 6.02. The Balaban J connectivity index is 1.84. The van der Waals surface area contributed by atoms with Crippen LogP contribution in [-0.4, -0.2) is 11.7 Å². The van der Waals surface area contributed by atoms with Crippen molar-refractivity contribution in [1.29, 1.82) is 0 Å². The fraction of sp³-hybridized carbons (Fsp3) is 1.00. The van der Waals surface area contributed by atoms with Gasteiger partial charge in [-0.15, -0.1) is 0 Å². The molecule has 1 nitrogen and oxygen atoms in total. The summed E-state index contributed by atoms with van der Waals surface area (Å²) in [7, 11) is 0. The molecule has 2 saturated carbocycles. The fourth-order valence-electron chi connectivity index (χ4n) is 3.09. The first kappa shape index (κ1) is 9.51. The standard InChI is InChI=1S/C12H22O/c13-9-8-12(11-6-7-11)10-4-2-1-3-5-10/h10-13H,1-9H2. The van der Waals surface area contributed by atoms with Gasteiger partial charge in [0.05, 0.1) is 0 Å². The highest BCUT2D eigenvalue weighted by molar-refractivity contribution is 4.86. The number of rotatable bonds is 4. The SMILES string of the molecule is OCCC(C1CCCCC1)C1CC1. The number of hydrogen-bond acceptors (Lipinski definition) is 1. The smallest absolute Gasteiger partial charge is 0.0433 e. The Labute approximate surface area is 81.5 Å². The predicted octanol–water partition coefficient (Wildman–Crippen LogP) is 2.98. The van der Waals surface area contributed by atoms with Gasteiger partial charge in [0, 0.05) is 6.61 Å². The first-order chi connectivity index (χ1) is 6.42. The van der Waals surface area contributed by atoms with Crippen molar-refractivity contribution in [3.05, 3.63) is 0 Å². The van der Waals surface area contributed by atoms with Crippen molar-refractivity contribution in [2.45, 2.75) is 51.4 Å². The summed E-state index contributed by atoms with van der Waals surface area (Å²) in [6, 6.07) is 0. The Kier molecular flexibility index (Phi) is 3.26. The molecule has 0 aromatic rings. The van der Waals surface area contributed by atoms with Gasteiger partial charge in [-0.25, -0.2) is 0 Å². The largest absolute Gasteiger partial charge is 0.396 e. The molecule has 1 heteroatoms. The normalized spacial score (nSPS) is 27.5. The van der Waals surface area contributed by atoms with Crippen LogP contribution in [0.25, 0.3) is 0 Å². The van der Waals surface area contributed by atoms with Crippen molar-refractivity contribution < 1.29 is 5.11 Å². The van der Waals surface area contributed by atoms with Crippen LogP contribution in [-0.2, 0) is 0 Å². The lowest BCUT2D eigenvalue weighted by Crippen LogP contribution is -2.20. The van der Waals surface area contributed by atoms with Gasteiger partial charge in [0.15, 0.2) is 0 Å². The van der Waals surface area contributed by atoms with Gasteiger partial charge in [-0.2, -0.15) is 0 Å². The maximum absolute atomic E-state index is 9.04. The molecule has 2 aliphatic rings. The van der Waals surface area contributed by atoms with Gasteiger partial charge in [0.25, 0.3) is 0 Å². The van der Waals surface area contributed by atoms with Crippen molar-refractivity contribution in [1.82, 2.24) is 0 Å². The van der Waals surface area contributed by atoms with E-state index >= 15 is 0 Å². The van der Waals surface area contributed by atoms with E-state index < -0.39 is 0 Å². The molecule has 0 amide bonds. The van der Waals surface area contributed by atoms with Gasteiger partial charge in [0.1, 0.15) is 0 Å². The molecule has 76 valence electrons. The van der Waals surface area contributed by atoms with Crippen molar-refractivity contribution in [2.75, 3.05) is 6.61 Å². The second kappa shape index (κ2) is 4.45. The lowest BCUT2D eigenvalue weighted by atomic mass is 9.76. The molecule has 0 bridgehead atoms. The Morgan fingerprint density at radius 2 is 1.54 bits per heavy atom. The zero-order chi connectivity index (χ0) is 9.10. The van der Waals surface area contributed by atoms with Crippen LogP contribution in [0.4, 0.5) is 0 Å².